The minimum absolute atomic E-state index is 0.0783. The molecule has 0 aliphatic heterocycles. The van der Waals surface area contributed by atoms with Gasteiger partial charge in [0.2, 0.25) is 5.91 Å². The van der Waals surface area contributed by atoms with E-state index in [1.807, 2.05) is 6.92 Å². The zero-order valence-corrected chi connectivity index (χ0v) is 8.84. The quantitative estimate of drug-likeness (QED) is 0.590. The van der Waals surface area contributed by atoms with Crippen LogP contribution < -0.4 is 11.1 Å². The average Bonchev–Trinajstić information content (AvgIpc) is 2.16. The summed E-state index contributed by atoms with van der Waals surface area (Å²) < 4.78 is 27.8. The highest BCUT2D eigenvalue weighted by atomic mass is 19.3. The van der Waals surface area contributed by atoms with Crippen LogP contribution in [0.15, 0.2) is 0 Å². The van der Waals surface area contributed by atoms with E-state index in [1.165, 1.54) is 0 Å². The number of nitrogens with two attached hydrogens (primary N) is 1. The number of amides is 1. The zero-order chi connectivity index (χ0) is 11.7. The lowest BCUT2D eigenvalue weighted by Gasteiger charge is -2.11. The Morgan fingerprint density at radius 1 is 1.53 bits per heavy atom. The number of halogens is 2. The highest BCUT2D eigenvalue weighted by Gasteiger charge is 2.10. The molecule has 4 nitrogen and oxygen atoms in total. The van der Waals surface area contributed by atoms with Crippen LogP contribution >= 0.6 is 0 Å². The molecular weight excluding hydrogens is 206 g/mol. The van der Waals surface area contributed by atoms with Crippen molar-refractivity contribution in [1.29, 1.82) is 0 Å². The van der Waals surface area contributed by atoms with Crippen molar-refractivity contribution in [2.75, 3.05) is 19.8 Å². The van der Waals surface area contributed by atoms with Crippen molar-refractivity contribution in [2.24, 2.45) is 5.73 Å². The molecule has 0 aliphatic carbocycles. The Hall–Kier alpha value is -0.750. The molecule has 6 heteroatoms. The fourth-order valence-corrected chi connectivity index (χ4v) is 0.992. The molecule has 0 aromatic heterocycles. The van der Waals surface area contributed by atoms with Crippen molar-refractivity contribution in [3.05, 3.63) is 0 Å². The maximum atomic E-state index is 11.6. The molecule has 1 atom stereocenters. The van der Waals surface area contributed by atoms with Crippen molar-refractivity contribution >= 4 is 5.91 Å². The smallest absolute Gasteiger partial charge is 0.261 e. The van der Waals surface area contributed by atoms with E-state index < -0.39 is 19.1 Å². The summed E-state index contributed by atoms with van der Waals surface area (Å²) in [5.74, 6) is -0.266. The molecule has 15 heavy (non-hydrogen) atoms. The first-order valence-electron chi connectivity index (χ1n) is 4.97. The highest BCUT2D eigenvalue weighted by molar-refractivity contribution is 5.81. The zero-order valence-electron chi connectivity index (χ0n) is 8.84. The number of carbonyl (C=O) groups is 1. The fraction of sp³-hybridized carbons (Fsp3) is 0.889. The maximum absolute atomic E-state index is 11.6. The molecule has 0 spiro atoms. The molecule has 3 N–H and O–H groups in total. The number of rotatable bonds is 8. The molecule has 0 bridgehead atoms. The van der Waals surface area contributed by atoms with Crippen molar-refractivity contribution in [1.82, 2.24) is 5.32 Å². The number of carbonyl (C=O) groups excluding carboxylic acids is 1. The van der Waals surface area contributed by atoms with Gasteiger partial charge in [-0.25, -0.2) is 8.78 Å². The lowest BCUT2D eigenvalue weighted by atomic mass is 10.2. The van der Waals surface area contributed by atoms with E-state index in [4.69, 9.17) is 5.73 Å². The summed E-state index contributed by atoms with van der Waals surface area (Å²) in [7, 11) is 0. The van der Waals surface area contributed by atoms with E-state index >= 15 is 0 Å². The Bertz CT molecular complexity index is 179. The molecule has 0 saturated heterocycles. The first-order valence-corrected chi connectivity index (χ1v) is 4.97. The summed E-state index contributed by atoms with van der Waals surface area (Å²) in [6.07, 6.45) is -1.02. The monoisotopic (exact) mass is 224 g/mol. The van der Waals surface area contributed by atoms with Crippen LogP contribution in [0.2, 0.25) is 0 Å². The molecule has 0 saturated carbocycles. The van der Waals surface area contributed by atoms with Crippen LogP contribution in [0.25, 0.3) is 0 Å². The Kier molecular flexibility index (Phi) is 8.12. The minimum atomic E-state index is -2.47. The summed E-state index contributed by atoms with van der Waals surface area (Å²) >= 11 is 0. The molecule has 0 aromatic rings. The van der Waals surface area contributed by atoms with E-state index in [1.54, 1.807) is 0 Å². The molecule has 0 radical (unpaired) electrons. The van der Waals surface area contributed by atoms with E-state index in [2.05, 4.69) is 10.1 Å². The van der Waals surface area contributed by atoms with Crippen LogP contribution in [0.3, 0.4) is 0 Å². The number of hydrogen-bond acceptors (Lipinski definition) is 3. The molecule has 1 amide bonds. The van der Waals surface area contributed by atoms with Gasteiger partial charge in [-0.2, -0.15) is 0 Å². The predicted molar refractivity (Wildman–Crippen MR) is 52.7 cm³/mol. The second-order valence-corrected chi connectivity index (χ2v) is 3.15. The van der Waals surface area contributed by atoms with E-state index in [-0.39, 0.29) is 19.1 Å². The van der Waals surface area contributed by atoms with Gasteiger partial charge >= 0.3 is 0 Å². The first-order chi connectivity index (χ1) is 7.07. The molecule has 0 rings (SSSR count). The van der Waals surface area contributed by atoms with Crippen LogP contribution in [0.1, 0.15) is 19.8 Å². The number of alkyl halides is 2. The van der Waals surface area contributed by atoms with E-state index in [9.17, 15) is 13.6 Å². The van der Waals surface area contributed by atoms with Crippen molar-refractivity contribution < 1.29 is 18.3 Å². The van der Waals surface area contributed by atoms with Gasteiger partial charge in [0.05, 0.1) is 12.6 Å². The third kappa shape index (κ3) is 8.26. The van der Waals surface area contributed by atoms with Gasteiger partial charge in [-0.05, 0) is 6.42 Å². The summed E-state index contributed by atoms with van der Waals surface area (Å²) in [6.45, 7) is 1.62. The lowest BCUT2D eigenvalue weighted by molar-refractivity contribution is -0.122. The predicted octanol–water partition coefficient (Wildman–Crippen LogP) is 0.512. The van der Waals surface area contributed by atoms with Gasteiger partial charge in [0.15, 0.2) is 0 Å². The van der Waals surface area contributed by atoms with Gasteiger partial charge in [-0.3, -0.25) is 4.79 Å². The van der Waals surface area contributed by atoms with Gasteiger partial charge in [-0.1, -0.05) is 13.3 Å². The Morgan fingerprint density at radius 2 is 2.20 bits per heavy atom. The normalized spacial score (nSPS) is 12.9. The number of hydrogen-bond donors (Lipinski definition) is 2. The minimum Gasteiger partial charge on any atom is -0.374 e. The standard InChI is InChI=1S/C9H18F2N2O2/c1-2-3-7(12)9(14)13-4-5-15-6-8(10)11/h7-8H,2-6,12H2,1H3,(H,13,14)/t7-/m1/s1. The summed E-state index contributed by atoms with van der Waals surface area (Å²) in [5, 5.41) is 2.51. The Balaban J connectivity index is 3.38. The van der Waals surface area contributed by atoms with Crippen molar-refractivity contribution in [3.8, 4) is 0 Å². The average molecular weight is 224 g/mol. The molecular formula is C9H18F2N2O2. The van der Waals surface area contributed by atoms with E-state index in [0.29, 0.717) is 6.42 Å². The van der Waals surface area contributed by atoms with Gasteiger partial charge < -0.3 is 15.8 Å². The second-order valence-electron chi connectivity index (χ2n) is 3.15. The van der Waals surface area contributed by atoms with Crippen LogP contribution in [-0.2, 0) is 9.53 Å². The SMILES string of the molecule is CCC[C@@H](N)C(=O)NCCOCC(F)F. The molecule has 0 aromatic carbocycles. The van der Waals surface area contributed by atoms with Crippen LogP contribution in [0.4, 0.5) is 8.78 Å². The van der Waals surface area contributed by atoms with Gasteiger partial charge in [-0.15, -0.1) is 0 Å². The summed E-state index contributed by atoms with van der Waals surface area (Å²) in [6, 6.07) is -0.523. The second kappa shape index (κ2) is 8.55. The fourth-order valence-electron chi connectivity index (χ4n) is 0.992. The molecule has 90 valence electrons. The third-order valence-electron chi connectivity index (χ3n) is 1.73. The van der Waals surface area contributed by atoms with Gasteiger partial charge in [0.25, 0.3) is 6.43 Å². The van der Waals surface area contributed by atoms with Crippen LogP contribution in [-0.4, -0.2) is 38.1 Å². The largest absolute Gasteiger partial charge is 0.374 e. The molecule has 0 fully saturated rings. The van der Waals surface area contributed by atoms with Crippen molar-refractivity contribution in [3.63, 3.8) is 0 Å². The number of ether oxygens (including phenoxy) is 1. The lowest BCUT2D eigenvalue weighted by Crippen LogP contribution is -2.41. The van der Waals surface area contributed by atoms with E-state index in [0.717, 1.165) is 6.42 Å². The number of nitrogens with one attached hydrogen (secondary N) is 1. The van der Waals surface area contributed by atoms with Gasteiger partial charge in [0, 0.05) is 6.54 Å². The summed E-state index contributed by atoms with van der Waals surface area (Å²) in [5.41, 5.74) is 5.52. The topological polar surface area (TPSA) is 64.4 Å². The van der Waals surface area contributed by atoms with Gasteiger partial charge in [0.1, 0.15) is 6.61 Å². The third-order valence-corrected chi connectivity index (χ3v) is 1.73. The highest BCUT2D eigenvalue weighted by Crippen LogP contribution is 1.93. The van der Waals surface area contributed by atoms with Crippen LogP contribution in [0.5, 0.6) is 0 Å². The maximum Gasteiger partial charge on any atom is 0.261 e. The Labute approximate surface area is 88.2 Å². The Morgan fingerprint density at radius 3 is 2.73 bits per heavy atom. The molecule has 0 unspecified atom stereocenters. The van der Waals surface area contributed by atoms with Crippen LogP contribution in [0, 0.1) is 0 Å². The summed E-state index contributed by atoms with van der Waals surface area (Å²) in [4.78, 5) is 11.2. The van der Waals surface area contributed by atoms with Crippen molar-refractivity contribution in [2.45, 2.75) is 32.2 Å². The first kappa shape index (κ1) is 14.2. The molecule has 0 aliphatic rings. The molecule has 0 heterocycles.